The molecular formula is C10H12N4O3S. The van der Waals surface area contributed by atoms with Gasteiger partial charge in [-0.15, -0.1) is 0 Å². The third-order valence-corrected chi connectivity index (χ3v) is 2.19. The number of nitrogens with one attached hydrogen (secondary N) is 2. The first-order chi connectivity index (χ1) is 8.56. The Hall–Kier alpha value is -2.22. The summed E-state index contributed by atoms with van der Waals surface area (Å²) in [7, 11) is 0. The Morgan fingerprint density at radius 1 is 1.67 bits per heavy atom. The fourth-order valence-electron chi connectivity index (χ4n) is 1.16. The van der Waals surface area contributed by atoms with Gasteiger partial charge in [-0.1, -0.05) is 6.07 Å². The van der Waals surface area contributed by atoms with Crippen LogP contribution in [0, 0.1) is 10.1 Å². The Balaban J connectivity index is 2.79. The number of nitrogens with zero attached hydrogens (tertiary/aromatic N) is 2. The molecule has 1 aromatic rings. The van der Waals surface area contributed by atoms with Crippen molar-refractivity contribution in [3.8, 4) is 5.75 Å². The minimum atomic E-state index is -0.663. The lowest BCUT2D eigenvalue weighted by Crippen LogP contribution is -2.31. The topological polar surface area (TPSA) is 99.8 Å². The largest absolute Gasteiger partial charge is 0.502 e. The van der Waals surface area contributed by atoms with Gasteiger partial charge in [-0.3, -0.25) is 15.5 Å². The lowest BCUT2D eigenvalue weighted by Gasteiger charge is -2.03. The third-order valence-electron chi connectivity index (χ3n) is 1.95. The van der Waals surface area contributed by atoms with E-state index in [9.17, 15) is 15.2 Å². The summed E-state index contributed by atoms with van der Waals surface area (Å²) in [6.45, 7) is 2.54. The number of phenolic OH excluding ortho intramolecular Hbond substituents is 1. The van der Waals surface area contributed by atoms with Gasteiger partial charge in [0.25, 0.3) is 0 Å². The van der Waals surface area contributed by atoms with Crippen molar-refractivity contribution in [3.05, 3.63) is 33.9 Å². The molecule has 7 nitrogen and oxygen atoms in total. The molecule has 96 valence electrons. The number of hydrazone groups is 1. The lowest BCUT2D eigenvalue weighted by atomic mass is 10.2. The number of nitro groups is 1. The number of aromatic hydroxyl groups is 1. The standard InChI is InChI=1S/C10H12N4O3S/c1-2-11-10(18)13-12-6-7-4-3-5-8(9(7)15)14(16)17/h3-6,15H,2H2,1H3,(H2,11,13,18)/b12-6-. The Morgan fingerprint density at radius 3 is 3.00 bits per heavy atom. The molecular weight excluding hydrogens is 256 g/mol. The summed E-state index contributed by atoms with van der Waals surface area (Å²) in [6, 6.07) is 4.18. The van der Waals surface area contributed by atoms with Crippen LogP contribution in [0.15, 0.2) is 23.3 Å². The van der Waals surface area contributed by atoms with Gasteiger partial charge >= 0.3 is 5.69 Å². The molecule has 0 aliphatic heterocycles. The number of phenols is 1. The molecule has 1 aromatic carbocycles. The van der Waals surface area contributed by atoms with Crippen LogP contribution in [-0.4, -0.2) is 27.9 Å². The van der Waals surface area contributed by atoms with E-state index >= 15 is 0 Å². The second kappa shape index (κ2) is 6.50. The van der Waals surface area contributed by atoms with Crippen LogP contribution in [0.1, 0.15) is 12.5 Å². The van der Waals surface area contributed by atoms with Crippen molar-refractivity contribution in [2.45, 2.75) is 6.92 Å². The van der Waals surface area contributed by atoms with Crippen LogP contribution in [0.4, 0.5) is 5.69 Å². The molecule has 0 radical (unpaired) electrons. The fraction of sp³-hybridized carbons (Fsp3) is 0.200. The van der Waals surface area contributed by atoms with Crippen molar-refractivity contribution in [2.75, 3.05) is 6.54 Å². The van der Waals surface area contributed by atoms with E-state index in [1.165, 1.54) is 24.4 Å². The summed E-state index contributed by atoms with van der Waals surface area (Å²) in [5, 5.41) is 27.1. The van der Waals surface area contributed by atoms with Gasteiger partial charge < -0.3 is 10.4 Å². The molecule has 0 amide bonds. The normalized spacial score (nSPS) is 10.3. The Labute approximate surface area is 109 Å². The molecule has 0 saturated carbocycles. The number of para-hydroxylation sites is 1. The zero-order valence-corrected chi connectivity index (χ0v) is 10.4. The average Bonchev–Trinajstić information content (AvgIpc) is 2.31. The zero-order valence-electron chi connectivity index (χ0n) is 9.58. The van der Waals surface area contributed by atoms with Crippen molar-refractivity contribution in [1.29, 1.82) is 0 Å². The van der Waals surface area contributed by atoms with Crippen molar-refractivity contribution in [1.82, 2.24) is 10.7 Å². The lowest BCUT2D eigenvalue weighted by molar-refractivity contribution is -0.385. The molecule has 0 bridgehead atoms. The van der Waals surface area contributed by atoms with E-state index in [1.807, 2.05) is 6.92 Å². The van der Waals surface area contributed by atoms with Gasteiger partial charge in [-0.25, -0.2) is 0 Å². The quantitative estimate of drug-likeness (QED) is 0.327. The summed E-state index contributed by atoms with van der Waals surface area (Å²) < 4.78 is 0. The number of rotatable bonds is 4. The minimum Gasteiger partial charge on any atom is -0.502 e. The van der Waals surface area contributed by atoms with Crippen LogP contribution in [0.2, 0.25) is 0 Å². The highest BCUT2D eigenvalue weighted by Crippen LogP contribution is 2.27. The smallest absolute Gasteiger partial charge is 0.311 e. The maximum Gasteiger partial charge on any atom is 0.311 e. The van der Waals surface area contributed by atoms with Crippen LogP contribution in [0.3, 0.4) is 0 Å². The summed E-state index contributed by atoms with van der Waals surface area (Å²) in [5.41, 5.74) is 2.38. The van der Waals surface area contributed by atoms with Gasteiger partial charge in [0.15, 0.2) is 5.11 Å². The van der Waals surface area contributed by atoms with Crippen molar-refractivity contribution >= 4 is 29.2 Å². The molecule has 3 N–H and O–H groups in total. The van der Waals surface area contributed by atoms with Crippen LogP contribution in [0.5, 0.6) is 5.75 Å². The molecule has 0 unspecified atom stereocenters. The van der Waals surface area contributed by atoms with Crippen molar-refractivity contribution in [3.63, 3.8) is 0 Å². The van der Waals surface area contributed by atoms with Crippen LogP contribution in [-0.2, 0) is 0 Å². The SMILES string of the molecule is CCNC(=S)N/N=C\c1cccc([N+](=O)[O-])c1O. The molecule has 0 aromatic heterocycles. The molecule has 0 aliphatic carbocycles. The predicted molar refractivity (Wildman–Crippen MR) is 71.8 cm³/mol. The van der Waals surface area contributed by atoms with Crippen molar-refractivity contribution < 1.29 is 10.0 Å². The Kier molecular flexibility index (Phi) is 5.00. The van der Waals surface area contributed by atoms with E-state index in [4.69, 9.17) is 12.2 Å². The average molecular weight is 268 g/mol. The highest BCUT2D eigenvalue weighted by atomic mass is 32.1. The summed E-state index contributed by atoms with van der Waals surface area (Å²) in [5.74, 6) is -0.428. The second-order valence-corrected chi connectivity index (χ2v) is 3.61. The molecule has 0 saturated heterocycles. The number of hydrogen-bond acceptors (Lipinski definition) is 5. The first-order valence-corrected chi connectivity index (χ1v) is 5.50. The first kappa shape index (κ1) is 13.8. The maximum absolute atomic E-state index is 10.6. The monoisotopic (exact) mass is 268 g/mol. The summed E-state index contributed by atoms with van der Waals surface area (Å²) >= 11 is 4.86. The molecule has 0 aliphatic rings. The van der Waals surface area contributed by atoms with E-state index in [-0.39, 0.29) is 11.3 Å². The van der Waals surface area contributed by atoms with Gasteiger partial charge in [0.1, 0.15) is 0 Å². The number of benzene rings is 1. The van der Waals surface area contributed by atoms with Gasteiger partial charge in [0.2, 0.25) is 5.75 Å². The van der Waals surface area contributed by atoms with Crippen molar-refractivity contribution in [2.24, 2.45) is 5.10 Å². The number of hydrogen-bond donors (Lipinski definition) is 3. The van der Waals surface area contributed by atoms with Gasteiger partial charge in [-0.05, 0) is 25.2 Å². The molecule has 0 heterocycles. The summed E-state index contributed by atoms with van der Waals surface area (Å²) in [4.78, 5) is 9.93. The molecule has 0 fully saturated rings. The highest BCUT2D eigenvalue weighted by molar-refractivity contribution is 7.80. The van der Waals surface area contributed by atoms with Gasteiger partial charge in [0.05, 0.1) is 11.1 Å². The number of nitro benzene ring substituents is 1. The third kappa shape index (κ3) is 3.67. The zero-order chi connectivity index (χ0) is 13.5. The van der Waals surface area contributed by atoms with E-state index in [2.05, 4.69) is 15.8 Å². The Morgan fingerprint density at radius 2 is 2.39 bits per heavy atom. The minimum absolute atomic E-state index is 0.232. The van der Waals surface area contributed by atoms with Gasteiger partial charge in [0, 0.05) is 18.2 Å². The fourth-order valence-corrected chi connectivity index (χ4v) is 1.36. The highest BCUT2D eigenvalue weighted by Gasteiger charge is 2.14. The van der Waals surface area contributed by atoms with E-state index < -0.39 is 10.7 Å². The van der Waals surface area contributed by atoms with E-state index in [1.54, 1.807) is 0 Å². The van der Waals surface area contributed by atoms with Crippen LogP contribution in [0.25, 0.3) is 0 Å². The van der Waals surface area contributed by atoms with E-state index in [0.717, 1.165) is 0 Å². The molecule has 1 rings (SSSR count). The molecule has 0 atom stereocenters. The molecule has 18 heavy (non-hydrogen) atoms. The van der Waals surface area contributed by atoms with Gasteiger partial charge in [-0.2, -0.15) is 5.10 Å². The summed E-state index contributed by atoms with van der Waals surface area (Å²) in [6.07, 6.45) is 1.26. The first-order valence-electron chi connectivity index (χ1n) is 5.09. The maximum atomic E-state index is 10.6. The number of thiocarbonyl (C=S) groups is 1. The molecule has 0 spiro atoms. The van der Waals surface area contributed by atoms with Crippen LogP contribution >= 0.6 is 12.2 Å². The molecule has 8 heteroatoms. The van der Waals surface area contributed by atoms with E-state index in [0.29, 0.717) is 11.7 Å². The van der Waals surface area contributed by atoms with Crippen LogP contribution < -0.4 is 10.7 Å². The Bertz CT molecular complexity index is 490. The second-order valence-electron chi connectivity index (χ2n) is 3.20. The predicted octanol–water partition coefficient (Wildman–Crippen LogP) is 1.12.